The first-order valence-electron chi connectivity index (χ1n) is 12.7. The number of Topliss-reactive ketones (excluding diaryl/α,β-unsaturated/α-hetero) is 1. The lowest BCUT2D eigenvalue weighted by atomic mass is 9.89. The Bertz CT molecular complexity index is 1920. The largest absolute Gasteiger partial charge is 0.543 e. The summed E-state index contributed by atoms with van der Waals surface area (Å²) in [7, 11) is 0. The second kappa shape index (κ2) is 11.6. The number of nitrogens with zero attached hydrogens (tertiary/aromatic N) is 8. The van der Waals surface area contributed by atoms with E-state index in [9.17, 15) is 24.7 Å². The summed E-state index contributed by atoms with van der Waals surface area (Å²) in [5.41, 5.74) is 17.1. The zero-order valence-corrected chi connectivity index (χ0v) is 25.6. The number of thioether (sulfide) groups is 1. The zero-order valence-electron chi connectivity index (χ0n) is 22.4. The average Bonchev–Trinajstić information content (AvgIpc) is 3.75. The van der Waals surface area contributed by atoms with Crippen molar-refractivity contribution in [2.24, 2.45) is 27.5 Å². The van der Waals surface area contributed by atoms with Crippen molar-refractivity contribution in [1.29, 1.82) is 0 Å². The van der Waals surface area contributed by atoms with Crippen molar-refractivity contribution >= 4 is 92.0 Å². The van der Waals surface area contributed by atoms with Crippen LogP contribution in [0.25, 0.3) is 5.65 Å². The van der Waals surface area contributed by atoms with Crippen LogP contribution < -0.4 is 26.9 Å². The molecule has 228 valence electrons. The number of guanidine groups is 1. The molecule has 0 bridgehead atoms. The third kappa shape index (κ3) is 5.27. The van der Waals surface area contributed by atoms with Gasteiger partial charge in [0, 0.05) is 17.6 Å². The number of β-lactam (4-membered cyclic amide) rings is 1. The van der Waals surface area contributed by atoms with E-state index in [0.717, 1.165) is 26.9 Å². The smallest absolute Gasteiger partial charge is 0.307 e. The summed E-state index contributed by atoms with van der Waals surface area (Å²) in [5, 5.41) is 26.8. The number of hydrogen-bond donors (Lipinski definition) is 4. The summed E-state index contributed by atoms with van der Waals surface area (Å²) < 4.78 is 5.70. The first-order valence-corrected chi connectivity index (χ1v) is 15.8. The number of nitrogen functional groups attached to an aromatic ring is 1. The van der Waals surface area contributed by atoms with Crippen LogP contribution in [0.5, 0.6) is 0 Å². The van der Waals surface area contributed by atoms with Crippen LogP contribution in [-0.2, 0) is 27.5 Å². The number of anilines is 1. The molecule has 6 rings (SSSR count). The SMILES string of the molecule is NC(N)=Nc1csc(C[n+]2ccn3c2ccn3CC2=C(C(=O)[O-])N3C(=O)[C@@H](CC(=O)/C(=N\O)c4nc(N)sc4Cl)[C@H]3SC2)n1. The molecule has 0 radical (unpaired) electrons. The van der Waals surface area contributed by atoms with E-state index in [1.54, 1.807) is 11.6 Å². The van der Waals surface area contributed by atoms with Gasteiger partial charge in [0.15, 0.2) is 34.6 Å². The Balaban J connectivity index is 1.19. The highest BCUT2D eigenvalue weighted by atomic mass is 35.5. The number of carbonyl (C=O) groups excluding carboxylic acids is 3. The molecule has 1 fully saturated rings. The van der Waals surface area contributed by atoms with E-state index in [1.165, 1.54) is 23.1 Å². The molecule has 0 unspecified atom stereocenters. The topological polar surface area (TPSA) is 240 Å². The Labute approximate surface area is 264 Å². The fourth-order valence-electron chi connectivity index (χ4n) is 5.13. The maximum Gasteiger partial charge on any atom is 0.307 e. The molecule has 0 aliphatic carbocycles. The minimum atomic E-state index is -1.49. The van der Waals surface area contributed by atoms with Crippen LogP contribution >= 0.6 is 46.0 Å². The van der Waals surface area contributed by atoms with Gasteiger partial charge < -0.3 is 32.3 Å². The van der Waals surface area contributed by atoms with Gasteiger partial charge in [0.1, 0.15) is 27.8 Å². The number of carbonyl (C=O) groups is 3. The number of aliphatic imine (C=N–C) groups is 1. The third-order valence-corrected chi connectivity index (χ3v) is 10.3. The number of halogens is 1. The van der Waals surface area contributed by atoms with Crippen molar-refractivity contribution in [2.75, 3.05) is 11.5 Å². The predicted octanol–water partition coefficient (Wildman–Crippen LogP) is -0.497. The standard InChI is InChI=1S/C24H22ClN11O5S3/c25-19-17(31-24(28)44-19)16(32-41)12(37)5-11-20(38)36-18(22(39)40)10(8-43-21(11)36)6-34-2-1-15-33(3-4-35(15)34)7-14-29-13(9-42-14)30-23(26)27/h1-4,9,11,21H,5-8H2,(H7-,26,27,28,30,31,37,39,40,41)/t11-,21-/m1/s1. The molecule has 0 spiro atoms. The van der Waals surface area contributed by atoms with Crippen LogP contribution in [0, 0.1) is 5.92 Å². The fraction of sp³-hybridized carbons (Fsp3) is 0.250. The Hall–Kier alpha value is -4.46. The van der Waals surface area contributed by atoms with Crippen LogP contribution in [0.4, 0.5) is 10.9 Å². The number of oxime groups is 1. The summed E-state index contributed by atoms with van der Waals surface area (Å²) in [6.45, 7) is 0.633. The number of amides is 1. The van der Waals surface area contributed by atoms with Gasteiger partial charge in [0.2, 0.25) is 5.91 Å². The Kier molecular flexibility index (Phi) is 7.78. The predicted molar refractivity (Wildman–Crippen MR) is 160 cm³/mol. The molecule has 4 aromatic rings. The first kappa shape index (κ1) is 29.6. The van der Waals surface area contributed by atoms with Crippen molar-refractivity contribution in [3.8, 4) is 0 Å². The van der Waals surface area contributed by atoms with E-state index < -0.39 is 34.7 Å². The lowest BCUT2D eigenvalue weighted by molar-refractivity contribution is -0.661. The zero-order chi connectivity index (χ0) is 31.3. The molecule has 44 heavy (non-hydrogen) atoms. The lowest BCUT2D eigenvalue weighted by Gasteiger charge is -2.50. The Morgan fingerprint density at radius 2 is 2.07 bits per heavy atom. The number of rotatable bonds is 10. The summed E-state index contributed by atoms with van der Waals surface area (Å²) in [4.78, 5) is 51.9. The highest BCUT2D eigenvalue weighted by Crippen LogP contribution is 2.45. The maximum atomic E-state index is 13.2. The second-order valence-electron chi connectivity index (χ2n) is 9.68. The van der Waals surface area contributed by atoms with Crippen molar-refractivity contribution in [3.63, 3.8) is 0 Å². The number of imidazole rings is 1. The number of fused-ring (bicyclic) bond motifs is 2. The van der Waals surface area contributed by atoms with E-state index in [2.05, 4.69) is 20.1 Å². The van der Waals surface area contributed by atoms with E-state index in [4.69, 9.17) is 28.8 Å². The highest BCUT2D eigenvalue weighted by Gasteiger charge is 2.53. The van der Waals surface area contributed by atoms with E-state index in [-0.39, 0.29) is 45.5 Å². The van der Waals surface area contributed by atoms with Gasteiger partial charge in [-0.25, -0.2) is 19.2 Å². The molecule has 6 heterocycles. The number of aromatic nitrogens is 5. The van der Waals surface area contributed by atoms with Crippen LogP contribution in [-0.4, -0.2) is 69.7 Å². The molecule has 0 aromatic carbocycles. The quantitative estimate of drug-likeness (QED) is 0.0417. The van der Waals surface area contributed by atoms with Crippen molar-refractivity contribution in [3.05, 3.63) is 56.3 Å². The van der Waals surface area contributed by atoms with Gasteiger partial charge in [0.05, 0.1) is 41.8 Å². The molecule has 2 aliphatic rings. The van der Waals surface area contributed by atoms with E-state index >= 15 is 0 Å². The summed E-state index contributed by atoms with van der Waals surface area (Å²) in [5.74, 6) is -2.92. The molecular weight excluding hydrogens is 654 g/mol. The monoisotopic (exact) mass is 675 g/mol. The molecule has 16 nitrogen and oxygen atoms in total. The fourth-order valence-corrected chi connectivity index (χ4v) is 8.16. The number of nitrogens with two attached hydrogens (primary N) is 3. The minimum absolute atomic E-state index is 0.0663. The second-order valence-corrected chi connectivity index (χ2v) is 13.4. The van der Waals surface area contributed by atoms with Gasteiger partial charge in [-0.3, -0.25) is 14.5 Å². The minimum Gasteiger partial charge on any atom is -0.543 e. The third-order valence-electron chi connectivity index (χ3n) is 6.98. The molecule has 1 amide bonds. The molecule has 20 heteroatoms. The lowest BCUT2D eigenvalue weighted by Crippen LogP contribution is -2.63. The highest BCUT2D eigenvalue weighted by molar-refractivity contribution is 8.00. The number of hydrogen-bond acceptors (Lipinski definition) is 13. The van der Waals surface area contributed by atoms with Crippen LogP contribution in [0.15, 0.2) is 51.5 Å². The summed E-state index contributed by atoms with van der Waals surface area (Å²) >= 11 is 9.72. The summed E-state index contributed by atoms with van der Waals surface area (Å²) in [6.07, 6.45) is 5.17. The van der Waals surface area contributed by atoms with Gasteiger partial charge in [0.25, 0.3) is 0 Å². The summed E-state index contributed by atoms with van der Waals surface area (Å²) in [6, 6.07) is 1.88. The van der Waals surface area contributed by atoms with Crippen molar-refractivity contribution in [1.82, 2.24) is 24.1 Å². The normalized spacial score (nSPS) is 18.4. The van der Waals surface area contributed by atoms with Gasteiger partial charge in [-0.15, -0.1) is 27.6 Å². The van der Waals surface area contributed by atoms with Gasteiger partial charge in [-0.1, -0.05) is 28.1 Å². The van der Waals surface area contributed by atoms with Crippen LogP contribution in [0.2, 0.25) is 4.34 Å². The molecule has 1 saturated heterocycles. The molecule has 0 saturated carbocycles. The van der Waals surface area contributed by atoms with E-state index in [1.807, 2.05) is 32.2 Å². The molecular formula is C24H22ClN11O5S3. The molecule has 7 N–H and O–H groups in total. The maximum absolute atomic E-state index is 13.2. The molecule has 2 aliphatic heterocycles. The number of aliphatic carboxylic acids is 1. The van der Waals surface area contributed by atoms with Crippen LogP contribution in [0.1, 0.15) is 17.1 Å². The Morgan fingerprint density at radius 1 is 1.27 bits per heavy atom. The number of ketones is 1. The van der Waals surface area contributed by atoms with Gasteiger partial charge >= 0.3 is 5.65 Å². The van der Waals surface area contributed by atoms with E-state index in [0.29, 0.717) is 17.9 Å². The molecule has 4 aromatic heterocycles. The van der Waals surface area contributed by atoms with Crippen LogP contribution in [0.3, 0.4) is 0 Å². The van der Waals surface area contributed by atoms with Crippen molar-refractivity contribution < 1.29 is 29.3 Å². The van der Waals surface area contributed by atoms with Crippen molar-refractivity contribution in [2.45, 2.75) is 24.9 Å². The Morgan fingerprint density at radius 3 is 2.75 bits per heavy atom. The number of carboxylic acids is 1. The van der Waals surface area contributed by atoms with Gasteiger partial charge in [-0.2, -0.15) is 4.99 Å². The molecule has 2 atom stereocenters. The number of thiazole rings is 2. The van der Waals surface area contributed by atoms with Gasteiger partial charge in [-0.05, 0) is 5.57 Å². The average molecular weight is 676 g/mol. The first-order chi connectivity index (χ1) is 21.0. The number of carboxylic acid groups (broad SMARTS) is 1.